The van der Waals surface area contributed by atoms with Gasteiger partial charge in [-0.15, -0.1) is 0 Å². The molecule has 4 aliphatic rings. The summed E-state index contributed by atoms with van der Waals surface area (Å²) in [6.07, 6.45) is 5.10. The van der Waals surface area contributed by atoms with E-state index in [2.05, 4.69) is 33.3 Å². The maximum atomic E-state index is 14.1. The number of ether oxygens (including phenoxy) is 1. The van der Waals surface area contributed by atoms with Gasteiger partial charge in [0.05, 0.1) is 5.52 Å². The second-order valence-corrected chi connectivity index (χ2v) is 13.9. The predicted molar refractivity (Wildman–Crippen MR) is 183 cm³/mol. The zero-order valence-corrected chi connectivity index (χ0v) is 28.2. The number of pyridine rings is 1. The maximum absolute atomic E-state index is 14.1. The van der Waals surface area contributed by atoms with Crippen molar-refractivity contribution < 1.29 is 19.1 Å². The molecule has 3 saturated heterocycles. The molecule has 0 radical (unpaired) electrons. The van der Waals surface area contributed by atoms with Crippen LogP contribution in [0.4, 0.5) is 15.3 Å². The highest BCUT2D eigenvalue weighted by Gasteiger charge is 2.36. The van der Waals surface area contributed by atoms with Crippen molar-refractivity contribution in [2.45, 2.75) is 63.6 Å². The SMILES string of the molecule is Cc1cc(CC(OC(=O)N2CCC(N3CCc4ccccc4NC3=O)CC2)C(=O)N2CCN(C3CCN(C)CC3)CC2)cc2ccnn12. The number of likely N-dealkylation sites (tertiary alicyclic amines) is 2. The van der Waals surface area contributed by atoms with Gasteiger partial charge in [-0.05, 0) is 94.6 Å². The molecule has 0 aliphatic carbocycles. The highest BCUT2D eigenvalue weighted by Crippen LogP contribution is 2.26. The Kier molecular flexibility index (Phi) is 9.54. The third kappa shape index (κ3) is 7.00. The third-order valence-corrected chi connectivity index (χ3v) is 10.8. The van der Waals surface area contributed by atoms with E-state index in [-0.39, 0.29) is 18.0 Å². The number of para-hydroxylation sites is 1. The van der Waals surface area contributed by atoms with Crippen LogP contribution in [0.1, 0.15) is 42.5 Å². The van der Waals surface area contributed by atoms with Crippen LogP contribution in [-0.2, 0) is 22.4 Å². The lowest BCUT2D eigenvalue weighted by Crippen LogP contribution is -2.56. The van der Waals surface area contributed by atoms with Gasteiger partial charge >= 0.3 is 12.1 Å². The van der Waals surface area contributed by atoms with Crippen molar-refractivity contribution in [2.75, 3.05) is 71.3 Å². The molecule has 0 bridgehead atoms. The van der Waals surface area contributed by atoms with Crippen molar-refractivity contribution in [3.63, 3.8) is 0 Å². The Labute approximate surface area is 282 Å². The molecule has 6 heterocycles. The molecule has 12 heteroatoms. The molecule has 1 atom stereocenters. The largest absolute Gasteiger partial charge is 0.436 e. The zero-order valence-electron chi connectivity index (χ0n) is 28.2. The van der Waals surface area contributed by atoms with Gasteiger partial charge in [0, 0.05) is 81.9 Å². The average molecular weight is 657 g/mol. The van der Waals surface area contributed by atoms with Crippen LogP contribution in [-0.4, -0.2) is 136 Å². The maximum Gasteiger partial charge on any atom is 0.410 e. The van der Waals surface area contributed by atoms with E-state index in [1.54, 1.807) is 11.1 Å². The van der Waals surface area contributed by atoms with Gasteiger partial charge in [0.25, 0.3) is 5.91 Å². The van der Waals surface area contributed by atoms with E-state index in [0.29, 0.717) is 58.0 Å². The molecule has 1 unspecified atom stereocenters. The number of anilines is 1. The summed E-state index contributed by atoms with van der Waals surface area (Å²) in [6.45, 7) is 8.73. The Hall–Kier alpha value is -4.16. The summed E-state index contributed by atoms with van der Waals surface area (Å²) in [5.74, 6) is -0.131. The van der Waals surface area contributed by atoms with E-state index in [9.17, 15) is 14.4 Å². The Bertz CT molecular complexity index is 1620. The number of amides is 4. The molecule has 12 nitrogen and oxygen atoms in total. The number of aromatic nitrogens is 2. The smallest absolute Gasteiger partial charge is 0.410 e. The Morgan fingerprint density at radius 2 is 1.62 bits per heavy atom. The first-order valence-corrected chi connectivity index (χ1v) is 17.6. The second kappa shape index (κ2) is 14.1. The lowest BCUT2D eigenvalue weighted by Gasteiger charge is -2.42. The average Bonchev–Trinajstić information content (AvgIpc) is 3.52. The molecule has 7 rings (SSSR count). The molecule has 48 heavy (non-hydrogen) atoms. The number of carbonyl (C=O) groups excluding carboxylic acids is 3. The number of benzene rings is 1. The van der Waals surface area contributed by atoms with Crippen LogP contribution < -0.4 is 5.32 Å². The topological polar surface area (TPSA) is 106 Å². The fourth-order valence-electron chi connectivity index (χ4n) is 7.96. The summed E-state index contributed by atoms with van der Waals surface area (Å²) in [7, 11) is 2.18. The van der Waals surface area contributed by atoms with Crippen molar-refractivity contribution in [3.8, 4) is 0 Å². The standard InChI is InChI=1S/C36H48N8O4/c1-26-23-27(24-31-7-13-37-44(26)31)25-33(34(45)41-21-19-40(20-22-41)29-9-14-39(2)15-10-29)48-36(47)42-16-11-30(12-17-42)43-18-8-28-5-3-4-6-32(28)38-35(43)46/h3-7,13,23-24,29-30,33H,8-12,14-22,25H2,1-2H3,(H,38,46). The van der Waals surface area contributed by atoms with Crippen LogP contribution in [0.25, 0.3) is 5.52 Å². The first kappa shape index (κ1) is 32.4. The van der Waals surface area contributed by atoms with Crippen LogP contribution in [0.2, 0.25) is 0 Å². The van der Waals surface area contributed by atoms with Crippen molar-refractivity contribution >= 4 is 29.2 Å². The molecular weight excluding hydrogens is 608 g/mol. The predicted octanol–water partition coefficient (Wildman–Crippen LogP) is 3.48. The van der Waals surface area contributed by atoms with Crippen molar-refractivity contribution in [1.82, 2.24) is 34.1 Å². The Morgan fingerprint density at radius 1 is 0.896 bits per heavy atom. The number of nitrogens with zero attached hydrogens (tertiary/aromatic N) is 7. The number of hydrogen-bond acceptors (Lipinski definition) is 7. The lowest BCUT2D eigenvalue weighted by molar-refractivity contribution is -0.143. The van der Waals surface area contributed by atoms with E-state index in [1.807, 2.05) is 57.6 Å². The van der Waals surface area contributed by atoms with Crippen molar-refractivity contribution in [2.24, 2.45) is 0 Å². The minimum absolute atomic E-state index is 0.0343. The van der Waals surface area contributed by atoms with Gasteiger partial charge in [-0.3, -0.25) is 9.69 Å². The highest BCUT2D eigenvalue weighted by atomic mass is 16.6. The molecule has 4 amide bonds. The van der Waals surface area contributed by atoms with Crippen LogP contribution in [0.3, 0.4) is 0 Å². The summed E-state index contributed by atoms with van der Waals surface area (Å²) in [4.78, 5) is 51.3. The van der Waals surface area contributed by atoms with E-state index in [4.69, 9.17) is 4.74 Å². The normalized spacial score (nSPS) is 21.1. The summed E-state index contributed by atoms with van der Waals surface area (Å²) in [6, 6.07) is 14.4. The number of piperidine rings is 2. The number of urea groups is 1. The number of fused-ring (bicyclic) bond motifs is 2. The summed E-state index contributed by atoms with van der Waals surface area (Å²) < 4.78 is 7.99. The Morgan fingerprint density at radius 3 is 2.40 bits per heavy atom. The monoisotopic (exact) mass is 656 g/mol. The van der Waals surface area contributed by atoms with Gasteiger partial charge in [-0.2, -0.15) is 5.10 Å². The van der Waals surface area contributed by atoms with E-state index < -0.39 is 12.2 Å². The number of carbonyl (C=O) groups is 3. The van der Waals surface area contributed by atoms with Crippen LogP contribution in [0.5, 0.6) is 0 Å². The minimum atomic E-state index is -0.926. The number of rotatable bonds is 6. The molecule has 0 spiro atoms. The summed E-state index contributed by atoms with van der Waals surface area (Å²) in [5.41, 5.74) is 4.84. The fourth-order valence-corrected chi connectivity index (χ4v) is 7.96. The van der Waals surface area contributed by atoms with Crippen molar-refractivity contribution in [3.05, 3.63) is 65.5 Å². The fraction of sp³-hybridized carbons (Fsp3) is 0.556. The first-order valence-electron chi connectivity index (χ1n) is 17.6. The highest BCUT2D eigenvalue weighted by molar-refractivity contribution is 5.91. The van der Waals surface area contributed by atoms with E-state index in [1.165, 1.54) is 0 Å². The van der Waals surface area contributed by atoms with Crippen molar-refractivity contribution in [1.29, 1.82) is 0 Å². The quantitative estimate of drug-likeness (QED) is 0.433. The van der Waals surface area contributed by atoms with Crippen LogP contribution in [0, 0.1) is 6.92 Å². The van der Waals surface area contributed by atoms with Gasteiger partial charge in [-0.1, -0.05) is 18.2 Å². The molecule has 1 N–H and O–H groups in total. The van der Waals surface area contributed by atoms with Gasteiger partial charge < -0.3 is 29.7 Å². The van der Waals surface area contributed by atoms with Gasteiger partial charge in [0.1, 0.15) is 0 Å². The second-order valence-electron chi connectivity index (χ2n) is 13.9. The zero-order chi connectivity index (χ0) is 33.2. The molecular formula is C36H48N8O4. The molecule has 3 fully saturated rings. The van der Waals surface area contributed by atoms with Gasteiger partial charge in [-0.25, -0.2) is 14.1 Å². The molecule has 3 aromatic rings. The Balaban J connectivity index is 0.996. The first-order chi connectivity index (χ1) is 23.3. The van der Waals surface area contributed by atoms with E-state index in [0.717, 1.165) is 73.5 Å². The minimum Gasteiger partial charge on any atom is -0.436 e. The number of aryl methyl sites for hydroxylation is 1. The van der Waals surface area contributed by atoms with E-state index >= 15 is 0 Å². The molecule has 4 aliphatic heterocycles. The lowest BCUT2D eigenvalue weighted by atomic mass is 10.0. The number of nitrogens with one attached hydrogen (secondary N) is 1. The van der Waals surface area contributed by atoms with Gasteiger partial charge in [0.2, 0.25) is 0 Å². The third-order valence-electron chi connectivity index (χ3n) is 10.8. The van der Waals surface area contributed by atoms with Crippen LogP contribution in [0.15, 0.2) is 48.7 Å². The molecule has 2 aromatic heterocycles. The molecule has 1 aromatic carbocycles. The molecule has 0 saturated carbocycles. The van der Waals surface area contributed by atoms with Gasteiger partial charge in [0.15, 0.2) is 6.10 Å². The van der Waals surface area contributed by atoms with Crippen LogP contribution >= 0.6 is 0 Å². The molecule has 256 valence electrons. The number of hydrogen-bond donors (Lipinski definition) is 1. The summed E-state index contributed by atoms with van der Waals surface area (Å²) >= 11 is 0. The summed E-state index contributed by atoms with van der Waals surface area (Å²) in [5, 5.41) is 7.44. The number of piperazine rings is 1.